The van der Waals surface area contributed by atoms with Crippen molar-refractivity contribution in [3.8, 4) is 5.75 Å². The first-order valence-electron chi connectivity index (χ1n) is 7.26. The van der Waals surface area contributed by atoms with Crippen LogP contribution in [0.2, 0.25) is 0 Å². The average molecular weight is 299 g/mol. The van der Waals surface area contributed by atoms with Gasteiger partial charge >= 0.3 is 0 Å². The maximum atomic E-state index is 12.0. The summed E-state index contributed by atoms with van der Waals surface area (Å²) in [5, 5.41) is 12.9. The number of benzene rings is 2. The van der Waals surface area contributed by atoms with Gasteiger partial charge in [0.25, 0.3) is 5.91 Å². The van der Waals surface area contributed by atoms with E-state index in [9.17, 15) is 9.90 Å². The molecule has 1 atom stereocenters. The van der Waals surface area contributed by atoms with Crippen molar-refractivity contribution in [2.24, 2.45) is 0 Å². The third-order valence-electron chi connectivity index (χ3n) is 3.61. The van der Waals surface area contributed by atoms with E-state index in [0.717, 1.165) is 6.42 Å². The van der Waals surface area contributed by atoms with Crippen LogP contribution in [0.3, 0.4) is 0 Å². The van der Waals surface area contributed by atoms with Crippen LogP contribution >= 0.6 is 0 Å². The van der Waals surface area contributed by atoms with Gasteiger partial charge < -0.3 is 15.2 Å². The highest BCUT2D eigenvalue weighted by Crippen LogP contribution is 2.19. The first-order chi connectivity index (χ1) is 10.6. The predicted molar refractivity (Wildman–Crippen MR) is 85.8 cm³/mol. The largest absolute Gasteiger partial charge is 0.497 e. The molecule has 22 heavy (non-hydrogen) atoms. The minimum Gasteiger partial charge on any atom is -0.497 e. The van der Waals surface area contributed by atoms with Gasteiger partial charge in [0.05, 0.1) is 7.11 Å². The van der Waals surface area contributed by atoms with Gasteiger partial charge in [-0.15, -0.1) is 0 Å². The van der Waals surface area contributed by atoms with Crippen LogP contribution in [0, 0.1) is 6.92 Å². The smallest absolute Gasteiger partial charge is 0.253 e. The maximum Gasteiger partial charge on any atom is 0.253 e. The van der Waals surface area contributed by atoms with Crippen LogP contribution in [0.5, 0.6) is 5.75 Å². The molecular weight excluding hydrogens is 278 g/mol. The summed E-state index contributed by atoms with van der Waals surface area (Å²) in [5.74, 6) is 0.214. The molecule has 0 spiro atoms. The van der Waals surface area contributed by atoms with Gasteiger partial charge in [0.2, 0.25) is 0 Å². The highest BCUT2D eigenvalue weighted by molar-refractivity contribution is 5.82. The number of amides is 1. The van der Waals surface area contributed by atoms with E-state index in [1.807, 2.05) is 31.2 Å². The monoisotopic (exact) mass is 299 g/mol. The van der Waals surface area contributed by atoms with E-state index in [2.05, 4.69) is 5.32 Å². The first kappa shape index (κ1) is 16.0. The van der Waals surface area contributed by atoms with Gasteiger partial charge in [-0.05, 0) is 42.2 Å². The number of rotatable bonds is 6. The molecule has 0 saturated carbocycles. The Labute approximate surface area is 130 Å². The summed E-state index contributed by atoms with van der Waals surface area (Å²) < 4.78 is 5.09. The van der Waals surface area contributed by atoms with E-state index in [-0.39, 0.29) is 0 Å². The number of aliphatic hydroxyl groups is 1. The maximum absolute atomic E-state index is 12.0. The second-order valence-electron chi connectivity index (χ2n) is 5.15. The van der Waals surface area contributed by atoms with Gasteiger partial charge in [-0.1, -0.05) is 36.4 Å². The van der Waals surface area contributed by atoms with Crippen LogP contribution in [0.1, 0.15) is 22.8 Å². The molecule has 2 aromatic carbocycles. The number of methoxy groups -OCH3 is 1. The summed E-state index contributed by atoms with van der Waals surface area (Å²) in [6.07, 6.45) is -0.449. The Morgan fingerprint density at radius 2 is 2.00 bits per heavy atom. The van der Waals surface area contributed by atoms with Crippen LogP contribution in [0.25, 0.3) is 0 Å². The Hall–Kier alpha value is -2.33. The molecular formula is C18H21NO3. The summed E-state index contributed by atoms with van der Waals surface area (Å²) in [7, 11) is 1.55. The van der Waals surface area contributed by atoms with E-state index in [1.54, 1.807) is 31.4 Å². The van der Waals surface area contributed by atoms with Gasteiger partial charge in [0, 0.05) is 6.54 Å². The second kappa shape index (κ2) is 7.61. The number of carbonyl (C=O) groups is 1. The molecule has 0 aliphatic carbocycles. The SMILES string of the molecule is COc1cccc(C(O)C(=O)NCCc2ccccc2C)c1. The summed E-state index contributed by atoms with van der Waals surface area (Å²) >= 11 is 0. The molecule has 0 aliphatic heterocycles. The van der Waals surface area contributed by atoms with Crippen molar-refractivity contribution in [2.45, 2.75) is 19.4 Å². The highest BCUT2D eigenvalue weighted by Gasteiger charge is 2.17. The lowest BCUT2D eigenvalue weighted by Gasteiger charge is -2.13. The van der Waals surface area contributed by atoms with Gasteiger partial charge in [-0.25, -0.2) is 0 Å². The molecule has 0 radical (unpaired) electrons. The van der Waals surface area contributed by atoms with Crippen molar-refractivity contribution < 1.29 is 14.6 Å². The molecule has 2 rings (SSSR count). The average Bonchev–Trinajstić information content (AvgIpc) is 2.55. The molecule has 0 fully saturated rings. The number of aryl methyl sites for hydroxylation is 1. The zero-order chi connectivity index (χ0) is 15.9. The fourth-order valence-corrected chi connectivity index (χ4v) is 2.27. The number of aliphatic hydroxyl groups excluding tert-OH is 1. The Bertz CT molecular complexity index is 640. The minimum atomic E-state index is -1.19. The number of hydrogen-bond donors (Lipinski definition) is 2. The highest BCUT2D eigenvalue weighted by atomic mass is 16.5. The van der Waals surface area contributed by atoms with E-state index < -0.39 is 12.0 Å². The van der Waals surface area contributed by atoms with E-state index in [1.165, 1.54) is 11.1 Å². The molecule has 0 bridgehead atoms. The molecule has 116 valence electrons. The molecule has 4 nitrogen and oxygen atoms in total. The van der Waals surface area contributed by atoms with Crippen molar-refractivity contribution >= 4 is 5.91 Å². The Kier molecular flexibility index (Phi) is 5.55. The molecule has 2 N–H and O–H groups in total. The lowest BCUT2D eigenvalue weighted by atomic mass is 10.1. The molecule has 2 aromatic rings. The molecule has 1 unspecified atom stereocenters. The third-order valence-corrected chi connectivity index (χ3v) is 3.61. The van der Waals surface area contributed by atoms with Crippen LogP contribution in [-0.2, 0) is 11.2 Å². The van der Waals surface area contributed by atoms with Crippen LogP contribution in [0.15, 0.2) is 48.5 Å². The van der Waals surface area contributed by atoms with Crippen molar-refractivity contribution in [3.05, 3.63) is 65.2 Å². The molecule has 4 heteroatoms. The van der Waals surface area contributed by atoms with Crippen molar-refractivity contribution in [1.29, 1.82) is 0 Å². The number of nitrogens with one attached hydrogen (secondary N) is 1. The van der Waals surface area contributed by atoms with Crippen LogP contribution < -0.4 is 10.1 Å². The molecule has 1 amide bonds. The van der Waals surface area contributed by atoms with E-state index >= 15 is 0 Å². The number of ether oxygens (including phenoxy) is 1. The van der Waals surface area contributed by atoms with Crippen molar-refractivity contribution in [2.75, 3.05) is 13.7 Å². The zero-order valence-electron chi connectivity index (χ0n) is 12.9. The van der Waals surface area contributed by atoms with Gasteiger partial charge in [-0.3, -0.25) is 4.79 Å². The summed E-state index contributed by atoms with van der Waals surface area (Å²) in [5.41, 5.74) is 2.91. The fraction of sp³-hybridized carbons (Fsp3) is 0.278. The summed E-state index contributed by atoms with van der Waals surface area (Å²) in [4.78, 5) is 12.0. The normalized spacial score (nSPS) is 11.8. The van der Waals surface area contributed by atoms with Crippen LogP contribution in [-0.4, -0.2) is 24.7 Å². The van der Waals surface area contributed by atoms with Crippen molar-refractivity contribution in [1.82, 2.24) is 5.32 Å². The van der Waals surface area contributed by atoms with E-state index in [0.29, 0.717) is 17.9 Å². The zero-order valence-corrected chi connectivity index (χ0v) is 12.9. The summed E-state index contributed by atoms with van der Waals surface area (Å²) in [6.45, 7) is 2.53. The Morgan fingerprint density at radius 1 is 1.23 bits per heavy atom. The number of hydrogen-bond acceptors (Lipinski definition) is 3. The summed E-state index contributed by atoms with van der Waals surface area (Å²) in [6, 6.07) is 14.9. The van der Waals surface area contributed by atoms with Crippen LogP contribution in [0.4, 0.5) is 0 Å². The molecule has 0 aliphatic rings. The lowest BCUT2D eigenvalue weighted by Crippen LogP contribution is -2.31. The first-order valence-corrected chi connectivity index (χ1v) is 7.26. The lowest BCUT2D eigenvalue weighted by molar-refractivity contribution is -0.129. The number of carbonyl (C=O) groups excluding carboxylic acids is 1. The quantitative estimate of drug-likeness (QED) is 0.861. The molecule has 0 heterocycles. The molecule has 0 saturated heterocycles. The van der Waals surface area contributed by atoms with Gasteiger partial charge in [-0.2, -0.15) is 0 Å². The third kappa shape index (κ3) is 4.09. The topological polar surface area (TPSA) is 58.6 Å². The molecule has 0 aromatic heterocycles. The fourth-order valence-electron chi connectivity index (χ4n) is 2.27. The second-order valence-corrected chi connectivity index (χ2v) is 5.15. The predicted octanol–water partition coefficient (Wildman–Crippen LogP) is 2.40. The van der Waals surface area contributed by atoms with E-state index in [4.69, 9.17) is 4.74 Å². The van der Waals surface area contributed by atoms with Gasteiger partial charge in [0.15, 0.2) is 6.10 Å². The standard InChI is InChI=1S/C18H21NO3/c1-13-6-3-4-7-14(13)10-11-19-18(21)17(20)15-8-5-9-16(12-15)22-2/h3-9,12,17,20H,10-11H2,1-2H3,(H,19,21). The van der Waals surface area contributed by atoms with Crippen molar-refractivity contribution in [3.63, 3.8) is 0 Å². The minimum absolute atomic E-state index is 0.401. The Morgan fingerprint density at radius 3 is 2.73 bits per heavy atom. The Balaban J connectivity index is 1.90. The van der Waals surface area contributed by atoms with Gasteiger partial charge in [0.1, 0.15) is 5.75 Å².